The van der Waals surface area contributed by atoms with Crippen molar-refractivity contribution in [2.75, 3.05) is 38.3 Å². The largest absolute Gasteiger partial charge is 0.504 e. The third-order valence-corrected chi connectivity index (χ3v) is 4.39. The molecule has 2 aromatic carbocycles. The van der Waals surface area contributed by atoms with Crippen molar-refractivity contribution < 1.29 is 29.6 Å². The van der Waals surface area contributed by atoms with Crippen molar-refractivity contribution in [3.8, 4) is 28.6 Å². The molecule has 0 fully saturated rings. The van der Waals surface area contributed by atoms with E-state index >= 15 is 0 Å². The number of hydrogen-bond acceptors (Lipinski definition) is 8. The molecule has 0 atom stereocenters. The summed E-state index contributed by atoms with van der Waals surface area (Å²) >= 11 is 0. The summed E-state index contributed by atoms with van der Waals surface area (Å²) in [6.07, 6.45) is 0. The second kappa shape index (κ2) is 8.20. The first-order valence-corrected chi connectivity index (χ1v) is 8.64. The minimum Gasteiger partial charge on any atom is -0.504 e. The zero-order valence-electron chi connectivity index (χ0n) is 15.3. The van der Waals surface area contributed by atoms with Crippen LogP contribution in [-0.2, 0) is 0 Å². The number of phenolic OH excluding ortho intramolecular Hbond substituents is 2. The molecule has 0 saturated carbocycles. The molecule has 0 aliphatic rings. The van der Waals surface area contributed by atoms with E-state index in [2.05, 4.69) is 0 Å². The number of ether oxygens (including phenoxy) is 1. The van der Waals surface area contributed by atoms with E-state index in [9.17, 15) is 15.0 Å². The van der Waals surface area contributed by atoms with Gasteiger partial charge in [-0.15, -0.1) is 0 Å². The molecule has 3 rings (SSSR count). The van der Waals surface area contributed by atoms with Crippen molar-refractivity contribution in [3.05, 3.63) is 46.6 Å². The molecule has 0 bridgehead atoms. The molecule has 0 saturated heterocycles. The summed E-state index contributed by atoms with van der Waals surface area (Å²) in [7, 11) is 1.27. The van der Waals surface area contributed by atoms with Crippen LogP contribution < -0.4 is 15.1 Å². The van der Waals surface area contributed by atoms with Crippen LogP contribution in [0.25, 0.3) is 22.3 Å². The van der Waals surface area contributed by atoms with Gasteiger partial charge in [0.05, 0.1) is 20.3 Å². The number of aliphatic hydroxyl groups excluding tert-OH is 2. The number of phenols is 2. The first-order valence-electron chi connectivity index (χ1n) is 8.64. The van der Waals surface area contributed by atoms with Crippen LogP contribution in [0, 0.1) is 0 Å². The third-order valence-electron chi connectivity index (χ3n) is 4.39. The molecule has 8 nitrogen and oxygen atoms in total. The van der Waals surface area contributed by atoms with E-state index in [0.717, 1.165) is 5.69 Å². The van der Waals surface area contributed by atoms with Crippen LogP contribution in [0.15, 0.2) is 45.6 Å². The number of anilines is 1. The predicted octanol–water partition coefficient (Wildman–Crippen LogP) is 1.67. The SMILES string of the molecule is COc1c(O)cc2oc(-c3ccc(N(CCO)CCO)cc3)cc(=O)c2c1O. The molecule has 148 valence electrons. The smallest absolute Gasteiger partial charge is 0.203 e. The zero-order valence-corrected chi connectivity index (χ0v) is 15.3. The van der Waals surface area contributed by atoms with Crippen LogP contribution in [0.1, 0.15) is 0 Å². The molecule has 4 N–H and O–H groups in total. The van der Waals surface area contributed by atoms with Gasteiger partial charge in [0, 0.05) is 36.5 Å². The molecule has 3 aromatic rings. The third kappa shape index (κ3) is 3.60. The van der Waals surface area contributed by atoms with Gasteiger partial charge in [0.15, 0.2) is 16.9 Å². The van der Waals surface area contributed by atoms with E-state index in [1.165, 1.54) is 19.2 Å². The Hall–Kier alpha value is -3.23. The zero-order chi connectivity index (χ0) is 20.3. The van der Waals surface area contributed by atoms with Crippen molar-refractivity contribution in [2.45, 2.75) is 0 Å². The number of nitrogens with zero attached hydrogens (tertiary/aromatic N) is 1. The Morgan fingerprint density at radius 3 is 2.25 bits per heavy atom. The van der Waals surface area contributed by atoms with E-state index in [4.69, 9.17) is 19.4 Å². The molecule has 0 amide bonds. The Morgan fingerprint density at radius 2 is 1.68 bits per heavy atom. The molecule has 0 spiro atoms. The monoisotopic (exact) mass is 387 g/mol. The van der Waals surface area contributed by atoms with Crippen molar-refractivity contribution in [1.29, 1.82) is 0 Å². The van der Waals surface area contributed by atoms with E-state index in [0.29, 0.717) is 18.7 Å². The van der Waals surface area contributed by atoms with Crippen molar-refractivity contribution in [3.63, 3.8) is 0 Å². The quantitative estimate of drug-likeness (QED) is 0.483. The maximum Gasteiger partial charge on any atom is 0.203 e. The number of aromatic hydroxyl groups is 2. The molecular formula is C20H21NO7. The van der Waals surface area contributed by atoms with Gasteiger partial charge in [-0.2, -0.15) is 0 Å². The fourth-order valence-corrected chi connectivity index (χ4v) is 3.06. The Labute approximate surface area is 160 Å². The number of methoxy groups -OCH3 is 1. The van der Waals surface area contributed by atoms with Crippen molar-refractivity contribution >= 4 is 16.7 Å². The first-order chi connectivity index (χ1) is 13.5. The highest BCUT2D eigenvalue weighted by molar-refractivity contribution is 5.89. The highest BCUT2D eigenvalue weighted by Crippen LogP contribution is 2.41. The molecule has 0 radical (unpaired) electrons. The fraction of sp³-hybridized carbons (Fsp3) is 0.250. The summed E-state index contributed by atoms with van der Waals surface area (Å²) in [6.45, 7) is 0.673. The van der Waals surface area contributed by atoms with Crippen molar-refractivity contribution in [2.24, 2.45) is 0 Å². The van der Waals surface area contributed by atoms with Gasteiger partial charge < -0.3 is 34.5 Å². The summed E-state index contributed by atoms with van der Waals surface area (Å²) in [5.41, 5.74) is 0.975. The Kier molecular flexibility index (Phi) is 5.72. The van der Waals surface area contributed by atoms with E-state index < -0.39 is 11.2 Å². The maximum absolute atomic E-state index is 12.5. The molecule has 1 aromatic heterocycles. The topological polar surface area (TPSA) is 124 Å². The van der Waals surface area contributed by atoms with E-state index in [-0.39, 0.29) is 41.4 Å². The lowest BCUT2D eigenvalue weighted by Crippen LogP contribution is -2.29. The minimum absolute atomic E-state index is 0.0320. The second-order valence-electron chi connectivity index (χ2n) is 6.11. The van der Waals surface area contributed by atoms with Gasteiger partial charge >= 0.3 is 0 Å². The highest BCUT2D eigenvalue weighted by atomic mass is 16.5. The second-order valence-corrected chi connectivity index (χ2v) is 6.11. The first kappa shape index (κ1) is 19.5. The van der Waals surface area contributed by atoms with Gasteiger partial charge in [-0.05, 0) is 24.3 Å². The Balaban J connectivity index is 2.03. The van der Waals surface area contributed by atoms with Crippen LogP contribution in [-0.4, -0.2) is 53.8 Å². The lowest BCUT2D eigenvalue weighted by Gasteiger charge is -2.23. The molecule has 0 aliphatic carbocycles. The molecule has 1 heterocycles. The number of fused-ring (bicyclic) bond motifs is 1. The summed E-state index contributed by atoms with van der Waals surface area (Å²) in [4.78, 5) is 14.3. The Bertz CT molecular complexity index is 1020. The van der Waals surface area contributed by atoms with Crippen LogP contribution in [0.4, 0.5) is 5.69 Å². The summed E-state index contributed by atoms with van der Waals surface area (Å²) in [5.74, 6) is -0.739. The predicted molar refractivity (Wildman–Crippen MR) is 104 cm³/mol. The van der Waals surface area contributed by atoms with Crippen LogP contribution in [0.2, 0.25) is 0 Å². The highest BCUT2D eigenvalue weighted by Gasteiger charge is 2.18. The van der Waals surface area contributed by atoms with Gasteiger partial charge in [0.25, 0.3) is 0 Å². The average molecular weight is 387 g/mol. The molecule has 8 heteroatoms. The fourth-order valence-electron chi connectivity index (χ4n) is 3.06. The van der Waals surface area contributed by atoms with Gasteiger partial charge in [0.2, 0.25) is 5.75 Å². The number of hydrogen-bond donors (Lipinski definition) is 4. The number of aliphatic hydroxyl groups is 2. The van der Waals surface area contributed by atoms with E-state index in [1.807, 2.05) is 4.90 Å². The number of rotatable bonds is 7. The van der Waals surface area contributed by atoms with Gasteiger partial charge in [-0.3, -0.25) is 4.79 Å². The standard InChI is InChI=1S/C20H21NO7/c1-27-20-15(25)11-17-18(19(20)26)14(24)10-16(28-17)12-2-4-13(5-3-12)21(6-8-22)7-9-23/h2-5,10-11,22-23,25-26H,6-9H2,1H3. The van der Waals surface area contributed by atoms with Crippen LogP contribution in [0.3, 0.4) is 0 Å². The van der Waals surface area contributed by atoms with Gasteiger partial charge in [0.1, 0.15) is 16.7 Å². The maximum atomic E-state index is 12.5. The van der Waals surface area contributed by atoms with E-state index in [1.54, 1.807) is 24.3 Å². The average Bonchev–Trinajstić information content (AvgIpc) is 2.67. The summed E-state index contributed by atoms with van der Waals surface area (Å²) in [6, 6.07) is 9.53. The molecule has 0 aliphatic heterocycles. The molecule has 28 heavy (non-hydrogen) atoms. The lowest BCUT2D eigenvalue weighted by atomic mass is 10.1. The molecule has 0 unspecified atom stereocenters. The lowest BCUT2D eigenvalue weighted by molar-refractivity contribution is 0.281. The Morgan fingerprint density at radius 1 is 1.04 bits per heavy atom. The summed E-state index contributed by atoms with van der Waals surface area (Å²) < 4.78 is 10.6. The normalized spacial score (nSPS) is 11.0. The van der Waals surface area contributed by atoms with Gasteiger partial charge in [-0.1, -0.05) is 0 Å². The number of benzene rings is 2. The van der Waals surface area contributed by atoms with Gasteiger partial charge in [-0.25, -0.2) is 0 Å². The summed E-state index contributed by atoms with van der Waals surface area (Å²) in [5, 5.41) is 38.3. The van der Waals surface area contributed by atoms with Crippen LogP contribution >= 0.6 is 0 Å². The minimum atomic E-state index is -0.475. The van der Waals surface area contributed by atoms with Crippen LogP contribution in [0.5, 0.6) is 17.2 Å². The van der Waals surface area contributed by atoms with Crippen molar-refractivity contribution in [1.82, 2.24) is 0 Å². The molecular weight excluding hydrogens is 366 g/mol.